The van der Waals surface area contributed by atoms with Crippen molar-refractivity contribution in [2.24, 2.45) is 5.73 Å². The van der Waals surface area contributed by atoms with Crippen LogP contribution in [0.2, 0.25) is 0 Å². The average Bonchev–Trinajstić information content (AvgIpc) is 3.37. The summed E-state index contributed by atoms with van der Waals surface area (Å²) in [7, 11) is -3.71. The second kappa shape index (κ2) is 13.6. The van der Waals surface area contributed by atoms with E-state index in [-0.39, 0.29) is 28.9 Å². The van der Waals surface area contributed by atoms with Crippen molar-refractivity contribution in [1.29, 1.82) is 0 Å². The zero-order chi connectivity index (χ0) is 32.1. The van der Waals surface area contributed by atoms with Crippen LogP contribution in [0.4, 0.5) is 10.5 Å². The summed E-state index contributed by atoms with van der Waals surface area (Å²) in [6.45, 7) is 8.11. The van der Waals surface area contributed by atoms with Gasteiger partial charge in [-0.15, -0.1) is 0 Å². The molecule has 44 heavy (non-hydrogen) atoms. The number of nitrogens with one attached hydrogen (secondary N) is 2. The number of carbonyl (C=O) groups excluding carboxylic acids is 2. The third-order valence-corrected chi connectivity index (χ3v) is 9.54. The summed E-state index contributed by atoms with van der Waals surface area (Å²) in [6, 6.07) is 17.4. The number of quaternary nitrogens is 1. The van der Waals surface area contributed by atoms with E-state index in [0.29, 0.717) is 41.8 Å². The number of aromatic hydroxyl groups is 2. The minimum atomic E-state index is -3.71. The first-order chi connectivity index (χ1) is 20.8. The standard InChI is InChI=1S/C32H39N5O6S/c1-4-37(20-24-6-5-7-28(39)18-24)17-16-26(21-37)36(30(31(33)40)19-23-8-12-27(38)13-9-23)32(41)34-25-10-14-29(15-11-25)44(42,43)35-22(2)3/h5-15,18,22,30,35H,4,16-17,19-21H2,1-3H3,(H3-2,33,34,38,39,40,41)/p+2/b36-26+/t30-,37?/m0/s1. The van der Waals surface area contributed by atoms with Gasteiger partial charge in [-0.05, 0) is 74.9 Å². The number of primary amides is 1. The van der Waals surface area contributed by atoms with Crippen molar-refractivity contribution in [2.75, 3.05) is 25.0 Å². The number of benzene rings is 3. The van der Waals surface area contributed by atoms with E-state index in [0.717, 1.165) is 17.8 Å². The summed E-state index contributed by atoms with van der Waals surface area (Å²) < 4.78 is 29.7. The molecule has 6 N–H and O–H groups in total. The summed E-state index contributed by atoms with van der Waals surface area (Å²) in [4.78, 5) is 27.0. The van der Waals surface area contributed by atoms with Crippen LogP contribution in [0.15, 0.2) is 77.7 Å². The lowest BCUT2D eigenvalue weighted by molar-refractivity contribution is -0.924. The maximum Gasteiger partial charge on any atom is 0.496 e. The van der Waals surface area contributed by atoms with Crippen LogP contribution in [0.5, 0.6) is 11.5 Å². The van der Waals surface area contributed by atoms with Crippen molar-refractivity contribution in [1.82, 2.24) is 4.72 Å². The molecule has 0 radical (unpaired) electrons. The maximum atomic E-state index is 14.0. The van der Waals surface area contributed by atoms with Crippen LogP contribution in [0, 0.1) is 0 Å². The number of phenolic OH excluding ortho intramolecular Hbond substituents is 2. The van der Waals surface area contributed by atoms with E-state index in [1.165, 1.54) is 41.0 Å². The van der Waals surface area contributed by atoms with Crippen molar-refractivity contribution >= 4 is 33.4 Å². The molecule has 1 heterocycles. The number of anilines is 1. The van der Waals surface area contributed by atoms with Crippen LogP contribution in [0.25, 0.3) is 0 Å². The molecule has 3 amide bonds. The number of likely N-dealkylation sites (tertiary alicyclic amines) is 1. The van der Waals surface area contributed by atoms with Gasteiger partial charge in [-0.1, -0.05) is 24.3 Å². The summed E-state index contributed by atoms with van der Waals surface area (Å²) in [5, 5.41) is 22.6. The molecule has 4 rings (SSSR count). The topological polar surface area (TPSA) is 162 Å². The van der Waals surface area contributed by atoms with E-state index in [9.17, 15) is 28.2 Å². The van der Waals surface area contributed by atoms with Crippen LogP contribution < -0.4 is 15.8 Å². The minimum absolute atomic E-state index is 0.0607. The van der Waals surface area contributed by atoms with Gasteiger partial charge < -0.3 is 20.4 Å². The number of amides is 3. The molecule has 12 heteroatoms. The second-order valence-electron chi connectivity index (χ2n) is 11.6. The van der Waals surface area contributed by atoms with Crippen molar-refractivity contribution in [2.45, 2.75) is 57.1 Å². The van der Waals surface area contributed by atoms with Gasteiger partial charge in [0.15, 0.2) is 6.04 Å². The van der Waals surface area contributed by atoms with Crippen molar-refractivity contribution in [3.63, 3.8) is 0 Å². The molecule has 2 atom stereocenters. The van der Waals surface area contributed by atoms with Crippen LogP contribution in [-0.2, 0) is 27.8 Å². The molecule has 234 valence electrons. The van der Waals surface area contributed by atoms with Gasteiger partial charge in [-0.3, -0.25) is 4.79 Å². The number of nitrogens with zero attached hydrogens (tertiary/aromatic N) is 2. The third-order valence-electron chi connectivity index (χ3n) is 7.86. The smallest absolute Gasteiger partial charge is 0.496 e. The van der Waals surface area contributed by atoms with Gasteiger partial charge in [-0.25, -0.2) is 18.5 Å². The monoisotopic (exact) mass is 623 g/mol. The number of hydrogen-bond donors (Lipinski definition) is 5. The molecule has 11 nitrogen and oxygen atoms in total. The van der Waals surface area contributed by atoms with Crippen molar-refractivity contribution in [3.8, 4) is 11.5 Å². The number of sulfonamides is 1. The van der Waals surface area contributed by atoms with E-state index in [2.05, 4.69) is 17.0 Å². The highest BCUT2D eigenvalue weighted by Crippen LogP contribution is 2.25. The number of carbonyl (C=O) groups is 2. The van der Waals surface area contributed by atoms with Crippen LogP contribution >= 0.6 is 0 Å². The van der Waals surface area contributed by atoms with Crippen LogP contribution in [-0.4, -0.2) is 77.1 Å². The zero-order valence-corrected chi connectivity index (χ0v) is 26.0. The molecule has 1 unspecified atom stereocenters. The Labute approximate surface area is 258 Å². The lowest BCUT2D eigenvalue weighted by Gasteiger charge is -2.32. The molecule has 0 bridgehead atoms. The van der Waals surface area contributed by atoms with Gasteiger partial charge in [0.05, 0.1) is 24.4 Å². The van der Waals surface area contributed by atoms with Gasteiger partial charge in [-0.2, -0.15) is 9.37 Å². The minimum Gasteiger partial charge on any atom is -0.508 e. The molecule has 3 aromatic rings. The number of urea groups is 1. The van der Waals surface area contributed by atoms with Crippen LogP contribution in [0.1, 0.15) is 38.3 Å². The SMILES string of the molecule is CC[N+]1(Cc2cccc(O)c2)CC/C(=[N+](\C(=O)Nc2ccc(S(=O)(=O)NC(C)C)cc2)[C@@H](Cc2ccc(O)cc2)C(N)=O)C1. The summed E-state index contributed by atoms with van der Waals surface area (Å²) in [5.74, 6) is -0.422. The Morgan fingerprint density at radius 2 is 1.66 bits per heavy atom. The molecule has 1 aliphatic rings. The Hall–Kier alpha value is -4.26. The Kier molecular flexibility index (Phi) is 10.1. The van der Waals surface area contributed by atoms with Crippen molar-refractivity contribution < 1.29 is 37.3 Å². The molecule has 0 aliphatic carbocycles. The molecule has 0 spiro atoms. The fourth-order valence-electron chi connectivity index (χ4n) is 5.63. The fraction of sp³-hybridized carbons (Fsp3) is 0.344. The molecular formula is C32H41N5O6S+2. The predicted molar refractivity (Wildman–Crippen MR) is 168 cm³/mol. The van der Waals surface area contributed by atoms with Gasteiger partial charge in [0, 0.05) is 18.0 Å². The molecular weight excluding hydrogens is 582 g/mol. The van der Waals surface area contributed by atoms with Gasteiger partial charge in [0.25, 0.3) is 5.91 Å². The first-order valence-corrected chi connectivity index (χ1v) is 16.1. The van der Waals surface area contributed by atoms with Gasteiger partial charge in [0.1, 0.15) is 36.0 Å². The molecule has 0 aromatic heterocycles. The number of nitrogens with two attached hydrogens (primary N) is 1. The fourth-order valence-corrected chi connectivity index (χ4v) is 6.88. The first-order valence-electron chi connectivity index (χ1n) is 14.6. The highest BCUT2D eigenvalue weighted by molar-refractivity contribution is 7.89. The van der Waals surface area contributed by atoms with E-state index >= 15 is 0 Å². The summed E-state index contributed by atoms with van der Waals surface area (Å²) >= 11 is 0. The number of hydrogen-bond acceptors (Lipinski definition) is 6. The Morgan fingerprint density at radius 1 is 0.977 bits per heavy atom. The second-order valence-corrected chi connectivity index (χ2v) is 13.3. The highest BCUT2D eigenvalue weighted by Gasteiger charge is 2.42. The van der Waals surface area contributed by atoms with E-state index in [1.807, 2.05) is 6.07 Å². The molecule has 1 fully saturated rings. The molecule has 1 aliphatic heterocycles. The van der Waals surface area contributed by atoms with Gasteiger partial charge in [0.2, 0.25) is 10.0 Å². The van der Waals surface area contributed by atoms with E-state index in [1.54, 1.807) is 44.2 Å². The highest BCUT2D eigenvalue weighted by atomic mass is 32.2. The summed E-state index contributed by atoms with van der Waals surface area (Å²) in [6.07, 6.45) is 0.667. The summed E-state index contributed by atoms with van der Waals surface area (Å²) in [5.41, 5.74) is 8.70. The Bertz CT molecular complexity index is 1640. The lowest BCUT2D eigenvalue weighted by atomic mass is 10.0. The maximum absolute atomic E-state index is 14.0. The first kappa shape index (κ1) is 32.6. The lowest BCUT2D eigenvalue weighted by Crippen LogP contribution is -2.50. The average molecular weight is 624 g/mol. The largest absolute Gasteiger partial charge is 0.508 e. The normalized spacial score (nSPS) is 18.6. The quantitative estimate of drug-likeness (QED) is 0.163. The van der Waals surface area contributed by atoms with E-state index in [4.69, 9.17) is 5.73 Å². The van der Waals surface area contributed by atoms with E-state index < -0.39 is 28.0 Å². The Morgan fingerprint density at radius 3 is 2.25 bits per heavy atom. The molecule has 3 aromatic carbocycles. The predicted octanol–water partition coefficient (Wildman–Crippen LogP) is 3.31. The molecule has 0 saturated carbocycles. The van der Waals surface area contributed by atoms with Gasteiger partial charge >= 0.3 is 6.03 Å². The third kappa shape index (κ3) is 8.01. The number of rotatable bonds is 11. The number of phenols is 2. The zero-order valence-electron chi connectivity index (χ0n) is 25.2. The Balaban J connectivity index is 1.69. The molecule has 1 saturated heterocycles. The van der Waals surface area contributed by atoms with Crippen molar-refractivity contribution in [3.05, 3.63) is 83.9 Å². The van der Waals surface area contributed by atoms with Crippen LogP contribution in [0.3, 0.4) is 0 Å².